The SMILES string of the molecule is O=C(Nc1ccc(-c2cccc3cccnc23)cc1C(=O)O)c1cc(C(F)(F)F)cc(C(F)(F)F)c1.[LiH]. The summed E-state index contributed by atoms with van der Waals surface area (Å²) in [6.45, 7) is 0. The number of fused-ring (bicyclic) bond motifs is 1. The Kier molecular flexibility index (Phi) is 7.71. The number of aromatic nitrogens is 1. The van der Waals surface area contributed by atoms with Crippen LogP contribution < -0.4 is 5.32 Å². The van der Waals surface area contributed by atoms with Gasteiger partial charge >= 0.3 is 37.2 Å². The fourth-order valence-corrected chi connectivity index (χ4v) is 3.62. The second kappa shape index (κ2) is 10.3. The first-order chi connectivity index (χ1) is 16.8. The van der Waals surface area contributed by atoms with Gasteiger partial charge < -0.3 is 10.4 Å². The molecule has 0 atom stereocenters. The predicted octanol–water partition coefficient (Wildman–Crippen LogP) is 6.24. The van der Waals surface area contributed by atoms with E-state index in [4.69, 9.17) is 0 Å². The average molecular weight is 512 g/mol. The molecule has 0 bridgehead atoms. The van der Waals surface area contributed by atoms with Crippen molar-refractivity contribution in [3.05, 3.63) is 95.2 Å². The first-order valence-electron chi connectivity index (χ1n) is 10.2. The van der Waals surface area contributed by atoms with Crippen molar-refractivity contribution in [3.63, 3.8) is 0 Å². The Morgan fingerprint density at radius 1 is 0.811 bits per heavy atom. The topological polar surface area (TPSA) is 79.3 Å². The first-order valence-corrected chi connectivity index (χ1v) is 10.2. The molecule has 0 radical (unpaired) electrons. The van der Waals surface area contributed by atoms with Crippen molar-refractivity contribution in [1.82, 2.24) is 4.98 Å². The molecule has 0 aliphatic carbocycles. The standard InChI is InChI=1S/C25H14F6N2O3.Li.H/c26-24(27,28)16-9-15(10-17(12-16)25(29,30)31)22(34)33-20-7-6-14(11-19(20)23(35)36)18-5-1-3-13-4-2-8-32-21(13)18;;/h1-12H,(H,33,34)(H,35,36);;. The molecule has 0 aliphatic rings. The number of hydrogen-bond acceptors (Lipinski definition) is 3. The van der Waals surface area contributed by atoms with Crippen LogP contribution in [0.4, 0.5) is 32.0 Å². The number of carboxylic acids is 1. The number of alkyl halides is 6. The van der Waals surface area contributed by atoms with E-state index in [2.05, 4.69) is 10.3 Å². The fourth-order valence-electron chi connectivity index (χ4n) is 3.62. The van der Waals surface area contributed by atoms with Gasteiger partial charge in [-0.1, -0.05) is 30.3 Å². The van der Waals surface area contributed by atoms with Gasteiger partial charge in [-0.05, 0) is 42.0 Å². The van der Waals surface area contributed by atoms with E-state index in [1.54, 1.807) is 24.4 Å². The quantitative estimate of drug-likeness (QED) is 0.251. The molecule has 0 aliphatic heterocycles. The molecule has 12 heteroatoms. The Labute approximate surface area is 217 Å². The molecular formula is C25H15F6LiN2O3. The molecule has 0 saturated carbocycles. The number of nitrogens with one attached hydrogen (secondary N) is 1. The van der Waals surface area contributed by atoms with Gasteiger partial charge in [0.1, 0.15) is 0 Å². The summed E-state index contributed by atoms with van der Waals surface area (Å²) in [5.74, 6) is -2.81. The number of rotatable bonds is 4. The molecule has 186 valence electrons. The van der Waals surface area contributed by atoms with E-state index < -0.39 is 46.5 Å². The predicted molar refractivity (Wildman–Crippen MR) is 126 cm³/mol. The van der Waals surface area contributed by atoms with Gasteiger partial charge in [-0.15, -0.1) is 0 Å². The van der Waals surface area contributed by atoms with Crippen molar-refractivity contribution in [2.24, 2.45) is 0 Å². The summed E-state index contributed by atoms with van der Waals surface area (Å²) in [4.78, 5) is 28.8. The van der Waals surface area contributed by atoms with E-state index in [1.165, 1.54) is 18.2 Å². The summed E-state index contributed by atoms with van der Waals surface area (Å²) in [7, 11) is 0. The van der Waals surface area contributed by atoms with Crippen molar-refractivity contribution in [3.8, 4) is 11.1 Å². The molecule has 37 heavy (non-hydrogen) atoms. The average Bonchev–Trinajstić information content (AvgIpc) is 2.82. The summed E-state index contributed by atoms with van der Waals surface area (Å²) in [6, 6.07) is 13.1. The monoisotopic (exact) mass is 512 g/mol. The molecule has 1 amide bonds. The number of hydrogen-bond donors (Lipinski definition) is 2. The summed E-state index contributed by atoms with van der Waals surface area (Å²) < 4.78 is 78.8. The molecule has 5 nitrogen and oxygen atoms in total. The maximum atomic E-state index is 13.1. The van der Waals surface area contributed by atoms with E-state index in [0.717, 1.165) is 5.39 Å². The number of carboxylic acid groups (broad SMARTS) is 1. The van der Waals surface area contributed by atoms with Gasteiger partial charge in [-0.2, -0.15) is 26.3 Å². The minimum absolute atomic E-state index is 0. The van der Waals surface area contributed by atoms with Crippen LogP contribution in [-0.4, -0.2) is 40.8 Å². The van der Waals surface area contributed by atoms with Gasteiger partial charge in [0.05, 0.1) is 27.9 Å². The molecule has 0 fully saturated rings. The number of nitrogens with zero attached hydrogens (tertiary/aromatic N) is 1. The minimum atomic E-state index is -5.14. The number of amides is 1. The Hall–Kier alpha value is -3.81. The molecular weight excluding hydrogens is 497 g/mol. The van der Waals surface area contributed by atoms with Crippen LogP contribution in [0.1, 0.15) is 31.8 Å². The summed E-state index contributed by atoms with van der Waals surface area (Å²) in [6.07, 6.45) is -8.73. The summed E-state index contributed by atoms with van der Waals surface area (Å²) in [5.41, 5.74) is -3.41. The van der Waals surface area contributed by atoms with Gasteiger partial charge in [0.15, 0.2) is 0 Å². The molecule has 1 aromatic heterocycles. The van der Waals surface area contributed by atoms with E-state index in [0.29, 0.717) is 16.6 Å². The number of anilines is 1. The van der Waals surface area contributed by atoms with Crippen LogP contribution >= 0.6 is 0 Å². The molecule has 2 N–H and O–H groups in total. The number of para-hydroxylation sites is 1. The molecule has 0 unspecified atom stereocenters. The number of benzene rings is 3. The second-order valence-corrected chi connectivity index (χ2v) is 7.69. The van der Waals surface area contributed by atoms with Crippen LogP contribution in [0.5, 0.6) is 0 Å². The van der Waals surface area contributed by atoms with Gasteiger partial charge in [0, 0.05) is 22.7 Å². The Morgan fingerprint density at radius 3 is 2.03 bits per heavy atom. The third-order valence-electron chi connectivity index (χ3n) is 5.29. The fraction of sp³-hybridized carbons (Fsp3) is 0.0800. The molecule has 0 saturated heterocycles. The number of aromatic carboxylic acids is 1. The van der Waals surface area contributed by atoms with Crippen molar-refractivity contribution in [2.45, 2.75) is 12.4 Å². The van der Waals surface area contributed by atoms with Crippen molar-refractivity contribution in [2.75, 3.05) is 5.32 Å². The van der Waals surface area contributed by atoms with Crippen LogP contribution in [0.15, 0.2) is 72.9 Å². The van der Waals surface area contributed by atoms with Gasteiger partial charge in [0.2, 0.25) is 0 Å². The third kappa shape index (κ3) is 5.95. The summed E-state index contributed by atoms with van der Waals surface area (Å²) >= 11 is 0. The van der Waals surface area contributed by atoms with Crippen LogP contribution in [0.3, 0.4) is 0 Å². The zero-order valence-corrected chi connectivity index (χ0v) is 17.9. The van der Waals surface area contributed by atoms with Crippen LogP contribution in [0, 0.1) is 0 Å². The van der Waals surface area contributed by atoms with Crippen LogP contribution in [0.25, 0.3) is 22.0 Å². The second-order valence-electron chi connectivity index (χ2n) is 7.69. The van der Waals surface area contributed by atoms with E-state index in [9.17, 15) is 41.0 Å². The number of carbonyl (C=O) groups is 2. The molecule has 4 aromatic rings. The van der Waals surface area contributed by atoms with Gasteiger partial charge in [-0.3, -0.25) is 9.78 Å². The van der Waals surface area contributed by atoms with Crippen molar-refractivity contribution < 1.29 is 41.0 Å². The van der Waals surface area contributed by atoms with Crippen molar-refractivity contribution >= 4 is 47.3 Å². The Balaban J connectivity index is 0.00000380. The zero-order valence-electron chi connectivity index (χ0n) is 17.9. The van der Waals surface area contributed by atoms with Crippen LogP contribution in [0.2, 0.25) is 0 Å². The van der Waals surface area contributed by atoms with E-state index in [-0.39, 0.29) is 42.7 Å². The number of carbonyl (C=O) groups excluding carboxylic acids is 1. The molecule has 3 aromatic carbocycles. The molecule has 4 rings (SSSR count). The number of halogens is 6. The number of pyridine rings is 1. The Bertz CT molecular complexity index is 1460. The van der Waals surface area contributed by atoms with Crippen LogP contribution in [-0.2, 0) is 12.4 Å². The normalized spacial score (nSPS) is 11.6. The first kappa shape index (κ1) is 27.8. The maximum absolute atomic E-state index is 13.1. The van der Waals surface area contributed by atoms with E-state index >= 15 is 0 Å². The Morgan fingerprint density at radius 2 is 1.43 bits per heavy atom. The van der Waals surface area contributed by atoms with Crippen molar-refractivity contribution in [1.29, 1.82) is 0 Å². The van der Waals surface area contributed by atoms with Gasteiger partial charge in [0.25, 0.3) is 5.91 Å². The van der Waals surface area contributed by atoms with E-state index in [1.807, 2.05) is 12.1 Å². The van der Waals surface area contributed by atoms with Gasteiger partial charge in [-0.25, -0.2) is 4.79 Å². The zero-order chi connectivity index (χ0) is 26.3. The summed E-state index contributed by atoms with van der Waals surface area (Å²) in [5, 5.41) is 12.6. The molecule has 0 spiro atoms. The molecule has 1 heterocycles. The third-order valence-corrected chi connectivity index (χ3v) is 5.29.